The first-order valence-electron chi connectivity index (χ1n) is 10.4. The summed E-state index contributed by atoms with van der Waals surface area (Å²) in [7, 11) is 0. The van der Waals surface area contributed by atoms with E-state index < -0.39 is 0 Å². The Morgan fingerprint density at radius 1 is 1.09 bits per heavy atom. The van der Waals surface area contributed by atoms with Crippen molar-refractivity contribution in [2.24, 2.45) is 0 Å². The highest BCUT2D eigenvalue weighted by Gasteiger charge is 2.34. The minimum Gasteiger partial charge on any atom is -0.457 e. The summed E-state index contributed by atoms with van der Waals surface area (Å²) < 4.78 is 7.78. The maximum Gasteiger partial charge on any atom is 0.243 e. The molecule has 0 bridgehead atoms. The van der Waals surface area contributed by atoms with Crippen LogP contribution < -0.4 is 15.8 Å². The van der Waals surface area contributed by atoms with Gasteiger partial charge in [-0.15, -0.1) is 0 Å². The molecule has 3 N–H and O–H groups in total. The number of hydrogen-bond acceptors (Lipinski definition) is 6. The molecule has 1 aliphatic carbocycles. The predicted molar refractivity (Wildman–Crippen MR) is 122 cm³/mol. The van der Waals surface area contributed by atoms with Crippen LogP contribution in [0.4, 0.5) is 5.82 Å². The van der Waals surface area contributed by atoms with Gasteiger partial charge in [-0.05, 0) is 55.3 Å². The van der Waals surface area contributed by atoms with Gasteiger partial charge < -0.3 is 15.8 Å². The molecular weight excluding hydrogens is 404 g/mol. The van der Waals surface area contributed by atoms with Crippen LogP contribution in [0.5, 0.6) is 11.5 Å². The zero-order valence-corrected chi connectivity index (χ0v) is 17.3. The maximum absolute atomic E-state index is 11.5. The minimum atomic E-state index is -0.163. The summed E-state index contributed by atoms with van der Waals surface area (Å²) in [6, 6.07) is 17.5. The van der Waals surface area contributed by atoms with Gasteiger partial charge in [-0.3, -0.25) is 4.79 Å². The summed E-state index contributed by atoms with van der Waals surface area (Å²) in [4.78, 5) is 20.2. The van der Waals surface area contributed by atoms with Crippen molar-refractivity contribution in [3.8, 4) is 22.8 Å². The molecule has 0 saturated heterocycles. The molecule has 8 heteroatoms. The lowest BCUT2D eigenvalue weighted by molar-refractivity contribution is -0.117. The number of carbonyl (C=O) groups is 1. The molecule has 4 aromatic rings. The number of nitrogens with zero attached hydrogens (tertiary/aromatic N) is 4. The Kier molecular flexibility index (Phi) is 5.03. The van der Waals surface area contributed by atoms with Crippen LogP contribution >= 0.6 is 0 Å². The molecule has 0 atom stereocenters. The second-order valence-corrected chi connectivity index (χ2v) is 7.73. The lowest BCUT2D eigenvalue weighted by atomic mass is 9.87. The normalized spacial score (nSPS) is 17.5. The molecule has 8 nitrogen and oxygen atoms in total. The lowest BCUT2D eigenvalue weighted by Crippen LogP contribution is -2.44. The van der Waals surface area contributed by atoms with Crippen molar-refractivity contribution in [2.45, 2.75) is 24.9 Å². The average Bonchev–Trinajstić information content (AvgIpc) is 3.17. The van der Waals surface area contributed by atoms with E-state index >= 15 is 0 Å². The highest BCUT2D eigenvalue weighted by molar-refractivity contribution is 5.98. The molecule has 0 radical (unpaired) electrons. The standard InChI is InChI=1S/C24H22N6O2/c1-2-20(31)28-16-12-17(13-16)30-24-21(23(25)26-14-27-24)22(29-30)15-8-10-19(11-9-15)32-18-6-4-3-5-7-18/h2-11,14,16-17H,1,12-13H2,(H,28,31)(H2,25,26,27). The van der Waals surface area contributed by atoms with E-state index in [9.17, 15) is 4.79 Å². The Bertz CT molecular complexity index is 1280. The number of para-hydroxylation sites is 1. The van der Waals surface area contributed by atoms with E-state index in [4.69, 9.17) is 15.6 Å². The molecule has 160 valence electrons. The highest BCUT2D eigenvalue weighted by Crippen LogP contribution is 2.38. The van der Waals surface area contributed by atoms with Gasteiger partial charge in [0.15, 0.2) is 5.65 Å². The van der Waals surface area contributed by atoms with Gasteiger partial charge in [0.1, 0.15) is 29.3 Å². The second kappa shape index (κ2) is 8.14. The first kappa shape index (κ1) is 19.7. The molecule has 1 saturated carbocycles. The van der Waals surface area contributed by atoms with Crippen LogP contribution in [0.3, 0.4) is 0 Å². The molecule has 0 unspecified atom stereocenters. The fourth-order valence-electron chi connectivity index (χ4n) is 3.92. The number of nitrogen functional groups attached to an aromatic ring is 1. The fraction of sp³-hybridized carbons (Fsp3) is 0.167. The number of ether oxygens (including phenoxy) is 1. The molecule has 32 heavy (non-hydrogen) atoms. The van der Waals surface area contributed by atoms with E-state index in [1.54, 1.807) is 0 Å². The molecule has 0 aliphatic heterocycles. The summed E-state index contributed by atoms with van der Waals surface area (Å²) in [5.41, 5.74) is 8.52. The van der Waals surface area contributed by atoms with Crippen molar-refractivity contribution < 1.29 is 9.53 Å². The van der Waals surface area contributed by atoms with Crippen LogP contribution in [0.25, 0.3) is 22.3 Å². The van der Waals surface area contributed by atoms with Gasteiger partial charge >= 0.3 is 0 Å². The Hall–Kier alpha value is -4.20. The van der Waals surface area contributed by atoms with Crippen molar-refractivity contribution in [2.75, 3.05) is 5.73 Å². The number of nitrogens with two attached hydrogens (primary N) is 1. The lowest BCUT2D eigenvalue weighted by Gasteiger charge is -2.35. The zero-order chi connectivity index (χ0) is 22.1. The van der Waals surface area contributed by atoms with Crippen LogP contribution in [0, 0.1) is 0 Å². The zero-order valence-electron chi connectivity index (χ0n) is 17.3. The van der Waals surface area contributed by atoms with Crippen molar-refractivity contribution in [1.82, 2.24) is 25.1 Å². The molecule has 5 rings (SSSR count). The Balaban J connectivity index is 1.43. The molecule has 1 fully saturated rings. The number of fused-ring (bicyclic) bond motifs is 1. The third-order valence-electron chi connectivity index (χ3n) is 5.62. The van der Waals surface area contributed by atoms with E-state index in [0.29, 0.717) is 11.5 Å². The summed E-state index contributed by atoms with van der Waals surface area (Å²) in [5, 5.41) is 8.50. The largest absolute Gasteiger partial charge is 0.457 e. The Morgan fingerprint density at radius 3 is 2.53 bits per heavy atom. The average molecular weight is 426 g/mol. The first-order chi connectivity index (χ1) is 15.6. The predicted octanol–water partition coefficient (Wildman–Crippen LogP) is 3.87. The van der Waals surface area contributed by atoms with Crippen LogP contribution in [0.1, 0.15) is 18.9 Å². The molecule has 2 heterocycles. The monoisotopic (exact) mass is 426 g/mol. The van der Waals surface area contributed by atoms with Gasteiger partial charge in [0, 0.05) is 11.6 Å². The smallest absolute Gasteiger partial charge is 0.243 e. The topological polar surface area (TPSA) is 108 Å². The van der Waals surface area contributed by atoms with Crippen LogP contribution in [-0.4, -0.2) is 31.7 Å². The summed E-state index contributed by atoms with van der Waals surface area (Å²) >= 11 is 0. The van der Waals surface area contributed by atoms with Crippen molar-refractivity contribution in [3.63, 3.8) is 0 Å². The Labute approximate surface area is 184 Å². The van der Waals surface area contributed by atoms with Crippen LogP contribution in [-0.2, 0) is 4.79 Å². The molecule has 1 amide bonds. The van der Waals surface area contributed by atoms with Gasteiger partial charge in [-0.1, -0.05) is 24.8 Å². The van der Waals surface area contributed by atoms with E-state index in [0.717, 1.165) is 41.0 Å². The third-order valence-corrected chi connectivity index (χ3v) is 5.62. The van der Waals surface area contributed by atoms with Crippen molar-refractivity contribution in [1.29, 1.82) is 0 Å². The van der Waals surface area contributed by atoms with E-state index in [2.05, 4.69) is 21.9 Å². The van der Waals surface area contributed by atoms with Crippen molar-refractivity contribution >= 4 is 22.8 Å². The quantitative estimate of drug-likeness (QED) is 0.453. The first-order valence-corrected chi connectivity index (χ1v) is 10.4. The SMILES string of the molecule is C=CC(=O)NC1CC(n2nc(-c3ccc(Oc4ccccc4)cc3)c3c(N)ncnc32)C1. The third kappa shape index (κ3) is 3.66. The molecule has 1 aliphatic rings. The highest BCUT2D eigenvalue weighted by atomic mass is 16.5. The number of carbonyl (C=O) groups excluding carboxylic acids is 1. The fourth-order valence-corrected chi connectivity index (χ4v) is 3.92. The van der Waals surface area contributed by atoms with Gasteiger partial charge in [-0.25, -0.2) is 14.6 Å². The second-order valence-electron chi connectivity index (χ2n) is 7.73. The summed E-state index contributed by atoms with van der Waals surface area (Å²) in [5.74, 6) is 1.73. The van der Waals surface area contributed by atoms with E-state index in [1.165, 1.54) is 12.4 Å². The Morgan fingerprint density at radius 2 is 1.81 bits per heavy atom. The number of amides is 1. The van der Waals surface area contributed by atoms with Crippen LogP contribution in [0.2, 0.25) is 0 Å². The molecule has 0 spiro atoms. The molecular formula is C24H22N6O2. The van der Waals surface area contributed by atoms with Crippen LogP contribution in [0.15, 0.2) is 73.6 Å². The minimum absolute atomic E-state index is 0.0989. The summed E-state index contributed by atoms with van der Waals surface area (Å²) in [6.07, 6.45) is 4.27. The summed E-state index contributed by atoms with van der Waals surface area (Å²) in [6.45, 7) is 3.50. The molecule has 2 aromatic carbocycles. The number of benzene rings is 2. The number of aromatic nitrogens is 4. The number of anilines is 1. The van der Waals surface area contributed by atoms with E-state index in [1.807, 2.05) is 59.3 Å². The number of nitrogens with one attached hydrogen (secondary N) is 1. The van der Waals surface area contributed by atoms with E-state index in [-0.39, 0.29) is 18.0 Å². The van der Waals surface area contributed by atoms with Gasteiger partial charge in [0.05, 0.1) is 11.4 Å². The van der Waals surface area contributed by atoms with Crippen molar-refractivity contribution in [3.05, 3.63) is 73.6 Å². The number of rotatable bonds is 6. The number of hydrogen-bond donors (Lipinski definition) is 2. The molecule has 2 aromatic heterocycles. The van der Waals surface area contributed by atoms with Gasteiger partial charge in [0.25, 0.3) is 0 Å². The maximum atomic E-state index is 11.5. The van der Waals surface area contributed by atoms with Gasteiger partial charge in [0.2, 0.25) is 5.91 Å². The van der Waals surface area contributed by atoms with Gasteiger partial charge in [-0.2, -0.15) is 5.10 Å².